The van der Waals surface area contributed by atoms with Gasteiger partial charge in [0.25, 0.3) is 0 Å². The Kier molecular flexibility index (Phi) is 6.07. The highest BCUT2D eigenvalue weighted by Crippen LogP contribution is 2.44. The Balaban J connectivity index is 1.43. The maximum atomic E-state index is 12.6. The molecule has 0 saturated heterocycles. The largest absolute Gasteiger partial charge is 0.481 e. The second-order valence-corrected chi connectivity index (χ2v) is 7.76. The molecule has 10 heteroatoms. The zero-order valence-corrected chi connectivity index (χ0v) is 18.1. The van der Waals surface area contributed by atoms with Gasteiger partial charge in [0.05, 0.1) is 12.1 Å². The molecule has 0 saturated carbocycles. The minimum atomic E-state index is -1.35. The molecule has 0 bridgehead atoms. The van der Waals surface area contributed by atoms with Crippen LogP contribution in [0, 0.1) is 6.92 Å². The Bertz CT molecular complexity index is 1180. The van der Waals surface area contributed by atoms with Crippen molar-refractivity contribution in [3.8, 4) is 11.1 Å². The van der Waals surface area contributed by atoms with E-state index in [1.165, 1.54) is 4.68 Å². The van der Waals surface area contributed by atoms with Gasteiger partial charge in [0, 0.05) is 13.0 Å². The highest BCUT2D eigenvalue weighted by atomic mass is 16.5. The summed E-state index contributed by atoms with van der Waals surface area (Å²) in [6.45, 7) is 1.74. The molecule has 0 fully saturated rings. The van der Waals surface area contributed by atoms with Crippen molar-refractivity contribution in [3.63, 3.8) is 0 Å². The van der Waals surface area contributed by atoms with Gasteiger partial charge in [-0.1, -0.05) is 53.7 Å². The number of anilines is 1. The first kappa shape index (κ1) is 22.0. The smallest absolute Gasteiger partial charge is 0.407 e. The van der Waals surface area contributed by atoms with Crippen molar-refractivity contribution in [1.29, 1.82) is 0 Å². The minimum Gasteiger partial charge on any atom is -0.481 e. The average molecular weight is 449 g/mol. The predicted molar refractivity (Wildman–Crippen MR) is 119 cm³/mol. The van der Waals surface area contributed by atoms with Crippen LogP contribution in [0.1, 0.15) is 29.2 Å². The maximum Gasteiger partial charge on any atom is 0.407 e. The number of carbonyl (C=O) groups is 3. The van der Waals surface area contributed by atoms with E-state index >= 15 is 0 Å². The molecule has 1 unspecified atom stereocenters. The number of aryl methyl sites for hydroxylation is 1. The fourth-order valence-corrected chi connectivity index (χ4v) is 3.89. The first-order chi connectivity index (χ1) is 15.8. The summed E-state index contributed by atoms with van der Waals surface area (Å²) in [6.07, 6.45) is -1.50. The number of fused-ring (bicyclic) bond motifs is 3. The van der Waals surface area contributed by atoms with Crippen LogP contribution in [-0.2, 0) is 21.4 Å². The number of amides is 2. The van der Waals surface area contributed by atoms with Crippen molar-refractivity contribution in [2.45, 2.75) is 25.3 Å². The number of nitrogens with zero attached hydrogens (tertiary/aromatic N) is 3. The van der Waals surface area contributed by atoms with Crippen LogP contribution in [0.15, 0.2) is 48.5 Å². The third-order valence-electron chi connectivity index (χ3n) is 5.68. The second kappa shape index (κ2) is 9.11. The lowest BCUT2D eigenvalue weighted by molar-refractivity contribution is -0.139. The quantitative estimate of drug-likeness (QED) is 0.504. The summed E-state index contributed by atoms with van der Waals surface area (Å²) in [5.41, 5.74) is 4.85. The Morgan fingerprint density at radius 3 is 2.24 bits per heavy atom. The highest BCUT2D eigenvalue weighted by Gasteiger charge is 2.30. The summed E-state index contributed by atoms with van der Waals surface area (Å²) < 4.78 is 6.88. The maximum absolute atomic E-state index is 12.6. The van der Waals surface area contributed by atoms with Gasteiger partial charge in [0.2, 0.25) is 5.91 Å². The van der Waals surface area contributed by atoms with E-state index in [1.807, 2.05) is 48.5 Å². The zero-order valence-electron chi connectivity index (χ0n) is 18.1. The molecule has 1 aromatic heterocycles. The van der Waals surface area contributed by atoms with E-state index in [0.717, 1.165) is 22.3 Å². The topological polar surface area (TPSA) is 135 Å². The van der Waals surface area contributed by atoms with Gasteiger partial charge in [-0.3, -0.25) is 14.3 Å². The lowest BCUT2D eigenvalue weighted by atomic mass is 9.98. The Morgan fingerprint density at radius 1 is 1.09 bits per heavy atom. The number of benzene rings is 2. The number of ether oxygens (including phenoxy) is 1. The molecule has 0 aliphatic heterocycles. The van der Waals surface area contributed by atoms with E-state index in [2.05, 4.69) is 20.9 Å². The SMILES string of the molecule is Cc1c(NC(=O)C(CC(=O)O)NC(=O)OCC2c3ccccc3-c3ccccc32)nnn1C. The predicted octanol–water partition coefficient (Wildman–Crippen LogP) is 2.44. The molecule has 170 valence electrons. The summed E-state index contributed by atoms with van der Waals surface area (Å²) >= 11 is 0. The molecule has 2 amide bonds. The van der Waals surface area contributed by atoms with E-state index in [1.54, 1.807) is 14.0 Å². The minimum absolute atomic E-state index is 0.0462. The summed E-state index contributed by atoms with van der Waals surface area (Å²) in [5.74, 6) is -1.94. The molecule has 1 atom stereocenters. The van der Waals surface area contributed by atoms with Crippen LogP contribution in [0.5, 0.6) is 0 Å². The van der Waals surface area contributed by atoms with Crippen LogP contribution in [-0.4, -0.2) is 50.7 Å². The lowest BCUT2D eigenvalue weighted by Crippen LogP contribution is -2.45. The van der Waals surface area contributed by atoms with Crippen LogP contribution in [0.3, 0.4) is 0 Å². The molecule has 10 nitrogen and oxygen atoms in total. The summed E-state index contributed by atoms with van der Waals surface area (Å²) in [6, 6.07) is 14.5. The summed E-state index contributed by atoms with van der Waals surface area (Å²) in [5, 5.41) is 21.6. The lowest BCUT2D eigenvalue weighted by Gasteiger charge is -2.18. The summed E-state index contributed by atoms with van der Waals surface area (Å²) in [7, 11) is 1.65. The van der Waals surface area contributed by atoms with Gasteiger partial charge in [0.15, 0.2) is 5.82 Å². The van der Waals surface area contributed by atoms with E-state index < -0.39 is 30.4 Å². The molecule has 33 heavy (non-hydrogen) atoms. The van der Waals surface area contributed by atoms with Gasteiger partial charge >= 0.3 is 12.1 Å². The fourth-order valence-electron chi connectivity index (χ4n) is 3.89. The van der Waals surface area contributed by atoms with Crippen LogP contribution in [0.2, 0.25) is 0 Å². The number of nitrogens with one attached hydrogen (secondary N) is 2. The van der Waals surface area contributed by atoms with Gasteiger partial charge in [-0.15, -0.1) is 5.10 Å². The van der Waals surface area contributed by atoms with Crippen LogP contribution in [0.25, 0.3) is 11.1 Å². The molecule has 2 aromatic carbocycles. The molecular weight excluding hydrogens is 426 g/mol. The molecule has 3 aromatic rings. The van der Waals surface area contributed by atoms with Gasteiger partial charge < -0.3 is 20.5 Å². The first-order valence-corrected chi connectivity index (χ1v) is 10.4. The number of carbonyl (C=O) groups excluding carboxylic acids is 2. The van der Waals surface area contributed by atoms with E-state index in [0.29, 0.717) is 5.69 Å². The molecule has 4 rings (SSSR count). The molecule has 3 N–H and O–H groups in total. The fraction of sp³-hybridized carbons (Fsp3) is 0.261. The van der Waals surface area contributed by atoms with Crippen molar-refractivity contribution in [3.05, 3.63) is 65.4 Å². The van der Waals surface area contributed by atoms with Gasteiger partial charge in [-0.2, -0.15) is 0 Å². The second-order valence-electron chi connectivity index (χ2n) is 7.76. The highest BCUT2D eigenvalue weighted by molar-refractivity contribution is 5.98. The monoisotopic (exact) mass is 449 g/mol. The molecule has 1 aliphatic rings. The van der Waals surface area contributed by atoms with Crippen molar-refractivity contribution >= 4 is 23.8 Å². The zero-order chi connectivity index (χ0) is 23.5. The van der Waals surface area contributed by atoms with E-state index in [-0.39, 0.29) is 18.3 Å². The summed E-state index contributed by atoms with van der Waals surface area (Å²) in [4.78, 5) is 36.4. The van der Waals surface area contributed by atoms with Gasteiger partial charge in [0.1, 0.15) is 12.6 Å². The van der Waals surface area contributed by atoms with Gasteiger partial charge in [-0.25, -0.2) is 4.79 Å². The number of aliphatic carboxylic acids is 1. The normalized spacial score (nSPS) is 13.0. The van der Waals surface area contributed by atoms with E-state index in [9.17, 15) is 19.5 Å². The molecular formula is C23H23N5O5. The van der Waals surface area contributed by atoms with Crippen LogP contribution < -0.4 is 10.6 Å². The van der Waals surface area contributed by atoms with Crippen molar-refractivity contribution in [2.75, 3.05) is 11.9 Å². The number of aromatic nitrogens is 3. The number of carboxylic acids is 1. The standard InChI is InChI=1S/C23H23N5O5/c1-13-21(26-27-28(13)2)25-22(31)19(11-20(29)30)24-23(32)33-12-18-16-9-5-3-7-14(16)15-8-4-6-10-17(15)18/h3-10,18-19H,11-12H2,1-2H3,(H,24,32)(H,25,31)(H,29,30). The molecule has 1 heterocycles. The average Bonchev–Trinajstić information content (AvgIpc) is 3.29. The number of hydrogen-bond acceptors (Lipinski definition) is 6. The molecule has 1 aliphatic carbocycles. The third-order valence-corrected chi connectivity index (χ3v) is 5.68. The Morgan fingerprint density at radius 2 is 1.70 bits per heavy atom. The van der Waals surface area contributed by atoms with Gasteiger partial charge in [-0.05, 0) is 29.2 Å². The molecule has 0 spiro atoms. The number of hydrogen-bond donors (Lipinski definition) is 3. The number of carboxylic acid groups (broad SMARTS) is 1. The Hall–Kier alpha value is -4.21. The molecule has 0 radical (unpaired) electrons. The van der Waals surface area contributed by atoms with Crippen LogP contribution >= 0.6 is 0 Å². The van der Waals surface area contributed by atoms with Crippen molar-refractivity contribution in [2.24, 2.45) is 7.05 Å². The third kappa shape index (κ3) is 4.54. The van der Waals surface area contributed by atoms with E-state index in [4.69, 9.17) is 4.74 Å². The Labute approximate surface area is 189 Å². The number of rotatable bonds is 7. The van der Waals surface area contributed by atoms with Crippen LogP contribution in [0.4, 0.5) is 10.6 Å². The first-order valence-electron chi connectivity index (χ1n) is 10.4. The van der Waals surface area contributed by atoms with Crippen molar-refractivity contribution < 1.29 is 24.2 Å². The number of alkyl carbamates (subject to hydrolysis) is 1. The van der Waals surface area contributed by atoms with Crippen molar-refractivity contribution in [1.82, 2.24) is 20.3 Å².